The highest BCUT2D eigenvalue weighted by molar-refractivity contribution is 5.97. The van der Waals surface area contributed by atoms with Crippen molar-refractivity contribution in [1.29, 1.82) is 0 Å². The van der Waals surface area contributed by atoms with Crippen molar-refractivity contribution in [2.24, 2.45) is 18.7 Å². The molecular weight excluding hydrogens is 190 g/mol. The van der Waals surface area contributed by atoms with Gasteiger partial charge in [-0.1, -0.05) is 0 Å². The molecule has 82 valence electrons. The Bertz CT molecular complexity index is 364. The van der Waals surface area contributed by atoms with Gasteiger partial charge in [-0.05, 0) is 31.7 Å². The number of aromatic nitrogens is 2. The van der Waals surface area contributed by atoms with Crippen molar-refractivity contribution in [3.05, 3.63) is 17.5 Å². The molecule has 0 aliphatic heterocycles. The fourth-order valence-electron chi connectivity index (χ4n) is 2.35. The second kappa shape index (κ2) is 3.77. The third kappa shape index (κ3) is 1.81. The van der Waals surface area contributed by atoms with Crippen molar-refractivity contribution in [1.82, 2.24) is 9.78 Å². The summed E-state index contributed by atoms with van der Waals surface area (Å²) < 4.78 is 1.67. The molecule has 0 amide bonds. The van der Waals surface area contributed by atoms with Gasteiger partial charge in [-0.2, -0.15) is 5.10 Å². The maximum atomic E-state index is 12.2. The number of Topliss-reactive ketones (excluding diaryl/α,β-unsaturated/α-hetero) is 1. The van der Waals surface area contributed by atoms with E-state index < -0.39 is 0 Å². The largest absolute Gasteiger partial charge is 0.328 e. The molecule has 1 fully saturated rings. The average Bonchev–Trinajstić information content (AvgIpc) is 2.73. The standard InChI is InChI=1S/C11H17N3O/c1-7-6-13-14(2)10(7)11(15)8-3-4-9(12)5-8/h6,8-9H,3-5,12H2,1-2H3. The molecule has 1 aliphatic rings. The number of rotatable bonds is 2. The second-order valence-electron chi connectivity index (χ2n) is 4.43. The van der Waals surface area contributed by atoms with E-state index in [1.165, 1.54) is 0 Å². The maximum Gasteiger partial charge on any atom is 0.184 e. The van der Waals surface area contributed by atoms with Gasteiger partial charge in [-0.3, -0.25) is 9.48 Å². The Labute approximate surface area is 89.5 Å². The van der Waals surface area contributed by atoms with Crippen LogP contribution < -0.4 is 5.73 Å². The summed E-state index contributed by atoms with van der Waals surface area (Å²) in [5.74, 6) is 0.314. The Kier molecular flexibility index (Phi) is 2.61. The van der Waals surface area contributed by atoms with E-state index in [-0.39, 0.29) is 17.7 Å². The zero-order valence-electron chi connectivity index (χ0n) is 9.23. The third-order valence-corrected chi connectivity index (χ3v) is 3.20. The van der Waals surface area contributed by atoms with Crippen LogP contribution in [0.4, 0.5) is 0 Å². The lowest BCUT2D eigenvalue weighted by Crippen LogP contribution is -2.20. The van der Waals surface area contributed by atoms with E-state index in [1.54, 1.807) is 10.9 Å². The van der Waals surface area contributed by atoms with Crippen molar-refractivity contribution in [3.63, 3.8) is 0 Å². The molecule has 15 heavy (non-hydrogen) atoms. The molecule has 4 heteroatoms. The van der Waals surface area contributed by atoms with Crippen molar-refractivity contribution >= 4 is 5.78 Å². The number of hydrogen-bond acceptors (Lipinski definition) is 3. The van der Waals surface area contributed by atoms with Crippen molar-refractivity contribution in [2.75, 3.05) is 0 Å². The van der Waals surface area contributed by atoms with Gasteiger partial charge in [0.2, 0.25) is 0 Å². The van der Waals surface area contributed by atoms with Crippen LogP contribution in [0.2, 0.25) is 0 Å². The van der Waals surface area contributed by atoms with E-state index in [2.05, 4.69) is 5.10 Å². The highest BCUT2D eigenvalue weighted by atomic mass is 16.1. The minimum absolute atomic E-state index is 0.106. The fraction of sp³-hybridized carbons (Fsp3) is 0.636. The molecule has 0 aromatic carbocycles. The van der Waals surface area contributed by atoms with Gasteiger partial charge in [0.1, 0.15) is 5.69 Å². The lowest BCUT2D eigenvalue weighted by molar-refractivity contribution is 0.0911. The van der Waals surface area contributed by atoms with E-state index in [1.807, 2.05) is 14.0 Å². The van der Waals surface area contributed by atoms with E-state index in [0.717, 1.165) is 30.5 Å². The predicted octanol–water partition coefficient (Wildman–Crippen LogP) is 1.04. The van der Waals surface area contributed by atoms with Crippen LogP contribution in [-0.2, 0) is 7.05 Å². The monoisotopic (exact) mass is 207 g/mol. The van der Waals surface area contributed by atoms with Crippen molar-refractivity contribution < 1.29 is 4.79 Å². The first-order chi connectivity index (χ1) is 7.09. The topological polar surface area (TPSA) is 60.9 Å². The molecule has 1 heterocycles. The average molecular weight is 207 g/mol. The Morgan fingerprint density at radius 1 is 1.60 bits per heavy atom. The first-order valence-electron chi connectivity index (χ1n) is 5.38. The minimum Gasteiger partial charge on any atom is -0.328 e. The Hall–Kier alpha value is -1.16. The number of hydrogen-bond donors (Lipinski definition) is 1. The van der Waals surface area contributed by atoms with Crippen LogP contribution in [-0.4, -0.2) is 21.6 Å². The van der Waals surface area contributed by atoms with Crippen LogP contribution >= 0.6 is 0 Å². The van der Waals surface area contributed by atoms with Crippen molar-refractivity contribution in [3.8, 4) is 0 Å². The van der Waals surface area contributed by atoms with Gasteiger partial charge in [0.05, 0.1) is 6.20 Å². The van der Waals surface area contributed by atoms with Crippen LogP contribution in [0.3, 0.4) is 0 Å². The normalized spacial score (nSPS) is 25.8. The van der Waals surface area contributed by atoms with Crippen LogP contribution in [0, 0.1) is 12.8 Å². The first-order valence-corrected chi connectivity index (χ1v) is 5.38. The quantitative estimate of drug-likeness (QED) is 0.737. The molecular formula is C11H17N3O. The zero-order valence-corrected chi connectivity index (χ0v) is 9.23. The van der Waals surface area contributed by atoms with E-state index in [0.29, 0.717) is 0 Å². The SMILES string of the molecule is Cc1cnn(C)c1C(=O)C1CCC(N)C1. The zero-order chi connectivity index (χ0) is 11.0. The second-order valence-corrected chi connectivity index (χ2v) is 4.43. The molecule has 2 rings (SSSR count). The summed E-state index contributed by atoms with van der Waals surface area (Å²) >= 11 is 0. The van der Waals surface area contributed by atoms with Gasteiger partial charge >= 0.3 is 0 Å². The van der Waals surface area contributed by atoms with Gasteiger partial charge in [0, 0.05) is 19.0 Å². The lowest BCUT2D eigenvalue weighted by Gasteiger charge is -2.09. The van der Waals surface area contributed by atoms with E-state index in [9.17, 15) is 4.79 Å². The molecule has 2 N–H and O–H groups in total. The summed E-state index contributed by atoms with van der Waals surface area (Å²) in [4.78, 5) is 12.2. The van der Waals surface area contributed by atoms with E-state index in [4.69, 9.17) is 5.73 Å². The molecule has 4 nitrogen and oxygen atoms in total. The molecule has 1 saturated carbocycles. The van der Waals surface area contributed by atoms with E-state index >= 15 is 0 Å². The molecule has 0 saturated heterocycles. The highest BCUT2D eigenvalue weighted by Gasteiger charge is 2.30. The summed E-state index contributed by atoms with van der Waals surface area (Å²) in [6.45, 7) is 1.93. The first kappa shape index (κ1) is 10.4. The number of nitrogens with two attached hydrogens (primary N) is 1. The van der Waals surface area contributed by atoms with Gasteiger partial charge < -0.3 is 5.73 Å². The molecule has 1 aromatic rings. The number of aryl methyl sites for hydroxylation is 2. The van der Waals surface area contributed by atoms with Crippen LogP contribution in [0.15, 0.2) is 6.20 Å². The van der Waals surface area contributed by atoms with Gasteiger partial charge in [-0.15, -0.1) is 0 Å². The van der Waals surface area contributed by atoms with Crippen molar-refractivity contribution in [2.45, 2.75) is 32.2 Å². The summed E-state index contributed by atoms with van der Waals surface area (Å²) in [5.41, 5.74) is 7.52. The predicted molar refractivity (Wildman–Crippen MR) is 57.6 cm³/mol. The maximum absolute atomic E-state index is 12.2. The van der Waals surface area contributed by atoms with Gasteiger partial charge in [0.25, 0.3) is 0 Å². The van der Waals surface area contributed by atoms with Gasteiger partial charge in [-0.25, -0.2) is 0 Å². The third-order valence-electron chi connectivity index (χ3n) is 3.20. The number of ketones is 1. The smallest absolute Gasteiger partial charge is 0.184 e. The number of carbonyl (C=O) groups excluding carboxylic acids is 1. The van der Waals surface area contributed by atoms with Crippen LogP contribution in [0.25, 0.3) is 0 Å². The molecule has 1 aliphatic carbocycles. The Morgan fingerprint density at radius 3 is 2.80 bits per heavy atom. The molecule has 0 bridgehead atoms. The number of carbonyl (C=O) groups is 1. The summed E-state index contributed by atoms with van der Waals surface area (Å²) in [6, 6.07) is 0.201. The Morgan fingerprint density at radius 2 is 2.33 bits per heavy atom. The lowest BCUT2D eigenvalue weighted by atomic mass is 9.98. The summed E-state index contributed by atoms with van der Waals surface area (Å²) in [5, 5.41) is 4.09. The van der Waals surface area contributed by atoms with Crippen LogP contribution in [0.1, 0.15) is 35.3 Å². The van der Waals surface area contributed by atoms with Crippen LogP contribution in [0.5, 0.6) is 0 Å². The fourth-order valence-corrected chi connectivity index (χ4v) is 2.35. The molecule has 2 atom stereocenters. The Balaban J connectivity index is 2.21. The highest BCUT2D eigenvalue weighted by Crippen LogP contribution is 2.28. The molecule has 0 spiro atoms. The summed E-state index contributed by atoms with van der Waals surface area (Å²) in [7, 11) is 1.81. The summed E-state index contributed by atoms with van der Waals surface area (Å²) in [6.07, 6.45) is 4.45. The number of nitrogens with zero attached hydrogens (tertiary/aromatic N) is 2. The van der Waals surface area contributed by atoms with Gasteiger partial charge in [0.15, 0.2) is 5.78 Å². The molecule has 1 aromatic heterocycles. The molecule has 2 unspecified atom stereocenters. The molecule has 0 radical (unpaired) electrons. The minimum atomic E-state index is 0.106.